The molecule has 0 radical (unpaired) electrons. The van der Waals surface area contributed by atoms with E-state index >= 15 is 0 Å². The number of hydrogen-bond donors (Lipinski definition) is 1. The highest BCUT2D eigenvalue weighted by Crippen LogP contribution is 2.24. The van der Waals surface area contributed by atoms with Gasteiger partial charge in [0.05, 0.1) is 18.9 Å². The number of nitrogens with one attached hydrogen (secondary N) is 1. The molecule has 3 aromatic rings. The summed E-state index contributed by atoms with van der Waals surface area (Å²) in [5.74, 6) is 1.90. The number of fused-ring (bicyclic) bond motifs is 1. The first-order chi connectivity index (χ1) is 11.7. The van der Waals surface area contributed by atoms with Gasteiger partial charge in [-0.05, 0) is 43.3 Å². The van der Waals surface area contributed by atoms with Crippen molar-refractivity contribution in [2.75, 3.05) is 12.9 Å². The predicted octanol–water partition coefficient (Wildman–Crippen LogP) is 4.41. The van der Waals surface area contributed by atoms with Crippen LogP contribution in [-0.2, 0) is 4.79 Å². The summed E-state index contributed by atoms with van der Waals surface area (Å²) in [6.45, 7) is 1.92. The fraction of sp³-hybridized carbons (Fsp3) is 0.211. The number of thioether (sulfide) groups is 1. The molecule has 124 valence electrons. The van der Waals surface area contributed by atoms with Crippen LogP contribution in [0.25, 0.3) is 11.0 Å². The lowest BCUT2D eigenvalue weighted by molar-refractivity contribution is -0.119. The molecule has 0 saturated carbocycles. The van der Waals surface area contributed by atoms with Crippen LogP contribution >= 0.6 is 11.8 Å². The first kappa shape index (κ1) is 16.5. The predicted molar refractivity (Wildman–Crippen MR) is 96.5 cm³/mol. The third-order valence-corrected chi connectivity index (χ3v) is 4.69. The average molecular weight is 341 g/mol. The van der Waals surface area contributed by atoms with Gasteiger partial charge in [-0.2, -0.15) is 0 Å². The molecule has 24 heavy (non-hydrogen) atoms. The SMILES string of the molecule is COc1ccc(SCC(=O)N[C@@H](C)c2cc3ccccc3o2)cc1. The van der Waals surface area contributed by atoms with Gasteiger partial charge in [-0.25, -0.2) is 0 Å². The fourth-order valence-corrected chi connectivity index (χ4v) is 3.10. The van der Waals surface area contributed by atoms with E-state index in [9.17, 15) is 4.79 Å². The van der Waals surface area contributed by atoms with Crippen LogP contribution in [0.15, 0.2) is 63.9 Å². The molecule has 0 bridgehead atoms. The molecule has 0 fully saturated rings. The molecule has 0 aliphatic carbocycles. The van der Waals surface area contributed by atoms with E-state index in [1.807, 2.05) is 61.5 Å². The normalized spacial score (nSPS) is 12.1. The minimum atomic E-state index is -0.165. The van der Waals surface area contributed by atoms with Gasteiger partial charge < -0.3 is 14.5 Å². The molecule has 4 nitrogen and oxygen atoms in total. The molecule has 3 rings (SSSR count). The number of carbonyl (C=O) groups excluding carboxylic acids is 1. The van der Waals surface area contributed by atoms with Crippen molar-refractivity contribution in [1.82, 2.24) is 5.32 Å². The van der Waals surface area contributed by atoms with Gasteiger partial charge in [0.25, 0.3) is 0 Å². The molecule has 5 heteroatoms. The zero-order chi connectivity index (χ0) is 16.9. The first-order valence-corrected chi connectivity index (χ1v) is 8.69. The second-order valence-electron chi connectivity index (χ2n) is 5.44. The van der Waals surface area contributed by atoms with Gasteiger partial charge in [-0.15, -0.1) is 11.8 Å². The average Bonchev–Trinajstić information content (AvgIpc) is 3.05. The van der Waals surface area contributed by atoms with Crippen molar-refractivity contribution in [3.63, 3.8) is 0 Å². The van der Waals surface area contributed by atoms with Crippen molar-refractivity contribution < 1.29 is 13.9 Å². The summed E-state index contributed by atoms with van der Waals surface area (Å²) in [6.07, 6.45) is 0. The quantitative estimate of drug-likeness (QED) is 0.675. The molecule has 0 aliphatic heterocycles. The Bertz CT molecular complexity index is 793. The number of para-hydroxylation sites is 1. The number of carbonyl (C=O) groups is 1. The van der Waals surface area contributed by atoms with Gasteiger partial charge >= 0.3 is 0 Å². The number of rotatable bonds is 6. The lowest BCUT2D eigenvalue weighted by Gasteiger charge is -2.11. The Hall–Kier alpha value is -2.40. The van der Waals surface area contributed by atoms with Crippen LogP contribution in [0.1, 0.15) is 18.7 Å². The van der Waals surface area contributed by atoms with Crippen molar-refractivity contribution >= 4 is 28.6 Å². The molecule has 1 N–H and O–H groups in total. The molecule has 0 saturated heterocycles. The molecular weight excluding hydrogens is 322 g/mol. The number of ether oxygens (including phenoxy) is 1. The minimum Gasteiger partial charge on any atom is -0.497 e. The molecule has 0 spiro atoms. The highest BCUT2D eigenvalue weighted by Gasteiger charge is 2.14. The van der Waals surface area contributed by atoms with E-state index in [-0.39, 0.29) is 11.9 Å². The molecule has 2 aromatic carbocycles. The van der Waals surface area contributed by atoms with Crippen LogP contribution in [0, 0.1) is 0 Å². The molecule has 1 atom stereocenters. The molecule has 1 aromatic heterocycles. The van der Waals surface area contributed by atoms with E-state index in [0.29, 0.717) is 5.75 Å². The summed E-state index contributed by atoms with van der Waals surface area (Å²) < 4.78 is 10.9. The van der Waals surface area contributed by atoms with Crippen LogP contribution in [0.2, 0.25) is 0 Å². The second kappa shape index (κ2) is 7.45. The molecule has 0 unspecified atom stereocenters. The van der Waals surface area contributed by atoms with Crippen LogP contribution in [0.5, 0.6) is 5.75 Å². The van der Waals surface area contributed by atoms with Gasteiger partial charge in [0, 0.05) is 10.3 Å². The number of amides is 1. The van der Waals surface area contributed by atoms with Gasteiger partial charge in [0.2, 0.25) is 5.91 Å². The number of hydrogen-bond acceptors (Lipinski definition) is 4. The van der Waals surface area contributed by atoms with Crippen molar-refractivity contribution in [3.8, 4) is 5.75 Å². The topological polar surface area (TPSA) is 51.5 Å². The Balaban J connectivity index is 1.55. The van der Waals surface area contributed by atoms with E-state index in [2.05, 4.69) is 5.32 Å². The molecule has 0 aliphatic rings. The lowest BCUT2D eigenvalue weighted by Crippen LogP contribution is -2.27. The maximum absolute atomic E-state index is 12.1. The highest BCUT2D eigenvalue weighted by molar-refractivity contribution is 8.00. The molecular formula is C19H19NO3S. The Morgan fingerprint density at radius 1 is 1.21 bits per heavy atom. The fourth-order valence-electron chi connectivity index (χ4n) is 2.39. The van der Waals surface area contributed by atoms with Crippen molar-refractivity contribution in [2.24, 2.45) is 0 Å². The van der Waals surface area contributed by atoms with Crippen molar-refractivity contribution in [1.29, 1.82) is 0 Å². The van der Waals surface area contributed by atoms with Gasteiger partial charge in [0.15, 0.2) is 0 Å². The van der Waals surface area contributed by atoms with E-state index < -0.39 is 0 Å². The summed E-state index contributed by atoms with van der Waals surface area (Å²) in [6, 6.07) is 17.3. The molecule has 1 amide bonds. The van der Waals surface area contributed by atoms with Crippen LogP contribution in [0.3, 0.4) is 0 Å². The van der Waals surface area contributed by atoms with Crippen LogP contribution in [-0.4, -0.2) is 18.8 Å². The first-order valence-electron chi connectivity index (χ1n) is 7.70. The van der Waals surface area contributed by atoms with Gasteiger partial charge in [0.1, 0.15) is 17.1 Å². The Morgan fingerprint density at radius 3 is 2.67 bits per heavy atom. The Kier molecular flexibility index (Phi) is 5.11. The summed E-state index contributed by atoms with van der Waals surface area (Å²) in [5, 5.41) is 4.01. The van der Waals surface area contributed by atoms with E-state index in [1.165, 1.54) is 11.8 Å². The third-order valence-electron chi connectivity index (χ3n) is 3.68. The summed E-state index contributed by atoms with van der Waals surface area (Å²) in [4.78, 5) is 13.2. The maximum atomic E-state index is 12.1. The number of methoxy groups -OCH3 is 1. The van der Waals surface area contributed by atoms with Crippen LogP contribution < -0.4 is 10.1 Å². The van der Waals surface area contributed by atoms with E-state index in [0.717, 1.165) is 27.4 Å². The largest absolute Gasteiger partial charge is 0.497 e. The lowest BCUT2D eigenvalue weighted by atomic mass is 10.2. The van der Waals surface area contributed by atoms with E-state index in [1.54, 1.807) is 7.11 Å². The summed E-state index contributed by atoms with van der Waals surface area (Å²) in [7, 11) is 1.63. The van der Waals surface area contributed by atoms with Crippen molar-refractivity contribution in [2.45, 2.75) is 17.9 Å². The third kappa shape index (κ3) is 3.92. The number of furan rings is 1. The van der Waals surface area contributed by atoms with Crippen molar-refractivity contribution in [3.05, 3.63) is 60.4 Å². The minimum absolute atomic E-state index is 0.0243. The highest BCUT2D eigenvalue weighted by atomic mass is 32.2. The maximum Gasteiger partial charge on any atom is 0.230 e. The van der Waals surface area contributed by atoms with Gasteiger partial charge in [-0.1, -0.05) is 18.2 Å². The summed E-state index contributed by atoms with van der Waals surface area (Å²) in [5.41, 5.74) is 0.834. The van der Waals surface area contributed by atoms with E-state index in [4.69, 9.17) is 9.15 Å². The van der Waals surface area contributed by atoms with Gasteiger partial charge in [-0.3, -0.25) is 4.79 Å². The Labute approximate surface area is 145 Å². The zero-order valence-electron chi connectivity index (χ0n) is 13.6. The number of benzene rings is 2. The summed E-state index contributed by atoms with van der Waals surface area (Å²) >= 11 is 1.49. The zero-order valence-corrected chi connectivity index (χ0v) is 14.4. The molecule has 1 heterocycles. The monoisotopic (exact) mass is 341 g/mol. The Morgan fingerprint density at radius 2 is 1.96 bits per heavy atom. The standard InChI is InChI=1S/C19H19NO3S/c1-13(18-11-14-5-3-4-6-17(14)23-18)20-19(21)12-24-16-9-7-15(22-2)8-10-16/h3-11,13H,12H2,1-2H3,(H,20,21)/t13-/m0/s1. The second-order valence-corrected chi connectivity index (χ2v) is 6.49. The van der Waals surface area contributed by atoms with Crippen LogP contribution in [0.4, 0.5) is 0 Å². The smallest absolute Gasteiger partial charge is 0.230 e.